The molecule has 0 bridgehead atoms. The van der Waals surface area contributed by atoms with Crippen molar-refractivity contribution in [2.75, 3.05) is 0 Å². The van der Waals surface area contributed by atoms with E-state index < -0.39 is 0 Å². The summed E-state index contributed by atoms with van der Waals surface area (Å²) < 4.78 is 10.0. The van der Waals surface area contributed by atoms with E-state index in [9.17, 15) is 5.11 Å². The molecule has 0 spiro atoms. The molecule has 6 heteroatoms. The molecule has 5 aromatic rings. The standard InChI is InChI=1S/C43H56N4O2/c1-7-11-13-15-26-42(5,6)41-25-29-47(45-41)36-18-22-39(23-19-36)49-38-20-16-35(17-21-38)46-28-24-40(44-46)33-30-34(32-37(48)31-33)43(9-3,10-4)27-14-12-8-2/h16-25,28-32,48H,7-15,26-27H2,1-6H3. The monoisotopic (exact) mass is 660 g/mol. The molecule has 2 heterocycles. The van der Waals surface area contributed by atoms with E-state index in [0.29, 0.717) is 5.75 Å². The lowest BCUT2D eigenvalue weighted by atomic mass is 9.71. The van der Waals surface area contributed by atoms with E-state index >= 15 is 0 Å². The molecule has 0 amide bonds. The van der Waals surface area contributed by atoms with Crippen molar-refractivity contribution >= 4 is 0 Å². The molecular weight excluding hydrogens is 604 g/mol. The molecule has 0 saturated heterocycles. The van der Waals surface area contributed by atoms with Crippen LogP contribution in [0.1, 0.15) is 123 Å². The van der Waals surface area contributed by atoms with Gasteiger partial charge in [0, 0.05) is 23.4 Å². The van der Waals surface area contributed by atoms with E-state index in [4.69, 9.17) is 14.9 Å². The van der Waals surface area contributed by atoms with Crippen molar-refractivity contribution in [2.24, 2.45) is 0 Å². The molecule has 6 nitrogen and oxygen atoms in total. The van der Waals surface area contributed by atoms with Crippen LogP contribution in [0.2, 0.25) is 0 Å². The van der Waals surface area contributed by atoms with Crippen molar-refractivity contribution < 1.29 is 9.84 Å². The zero-order valence-corrected chi connectivity index (χ0v) is 30.6. The van der Waals surface area contributed by atoms with Crippen LogP contribution in [0.25, 0.3) is 22.6 Å². The van der Waals surface area contributed by atoms with Gasteiger partial charge in [0.05, 0.1) is 22.8 Å². The van der Waals surface area contributed by atoms with Gasteiger partial charge in [-0.05, 0) is 116 Å². The lowest BCUT2D eigenvalue weighted by Gasteiger charge is -2.33. The Balaban J connectivity index is 1.24. The smallest absolute Gasteiger partial charge is 0.127 e. The van der Waals surface area contributed by atoms with Crippen LogP contribution in [-0.2, 0) is 10.8 Å². The second kappa shape index (κ2) is 16.4. The summed E-state index contributed by atoms with van der Waals surface area (Å²) in [5, 5.41) is 20.6. The molecule has 0 radical (unpaired) electrons. The normalized spacial score (nSPS) is 12.0. The molecule has 49 heavy (non-hydrogen) atoms. The minimum Gasteiger partial charge on any atom is -0.508 e. The van der Waals surface area contributed by atoms with Crippen LogP contribution >= 0.6 is 0 Å². The van der Waals surface area contributed by atoms with Gasteiger partial charge in [0.25, 0.3) is 0 Å². The summed E-state index contributed by atoms with van der Waals surface area (Å²) in [5.74, 6) is 1.82. The minimum atomic E-state index is 0.0594. The third kappa shape index (κ3) is 8.83. The van der Waals surface area contributed by atoms with E-state index in [1.54, 1.807) is 0 Å². The highest BCUT2D eigenvalue weighted by atomic mass is 16.5. The molecule has 5 rings (SSSR count). The van der Waals surface area contributed by atoms with Gasteiger partial charge in [0.1, 0.15) is 17.2 Å². The van der Waals surface area contributed by atoms with E-state index in [-0.39, 0.29) is 10.8 Å². The van der Waals surface area contributed by atoms with Crippen molar-refractivity contribution in [1.29, 1.82) is 0 Å². The Hall–Kier alpha value is -4.32. The highest BCUT2D eigenvalue weighted by Gasteiger charge is 2.29. The van der Waals surface area contributed by atoms with E-state index in [1.807, 2.05) is 82.3 Å². The molecule has 3 aromatic carbocycles. The minimum absolute atomic E-state index is 0.0594. The summed E-state index contributed by atoms with van der Waals surface area (Å²) in [6.07, 6.45) is 17.1. The first kappa shape index (κ1) is 36.0. The van der Waals surface area contributed by atoms with Crippen LogP contribution in [0, 0.1) is 0 Å². The summed E-state index contributed by atoms with van der Waals surface area (Å²) in [6.45, 7) is 13.6. The van der Waals surface area contributed by atoms with Crippen molar-refractivity contribution in [3.63, 3.8) is 0 Å². The summed E-state index contributed by atoms with van der Waals surface area (Å²) in [5.41, 5.74) is 6.19. The second-order valence-corrected chi connectivity index (χ2v) is 14.3. The van der Waals surface area contributed by atoms with E-state index in [0.717, 1.165) is 65.5 Å². The molecule has 0 aliphatic heterocycles. The Morgan fingerprint density at radius 2 is 1.20 bits per heavy atom. The first-order chi connectivity index (χ1) is 23.7. The number of ether oxygens (including phenoxy) is 1. The number of phenols is 1. The summed E-state index contributed by atoms with van der Waals surface area (Å²) in [6, 6.07) is 26.2. The molecule has 1 N–H and O–H groups in total. The number of benzene rings is 3. The number of nitrogens with zero attached hydrogens (tertiary/aromatic N) is 4. The molecule has 0 unspecified atom stereocenters. The Morgan fingerprint density at radius 3 is 1.82 bits per heavy atom. The highest BCUT2D eigenvalue weighted by Crippen LogP contribution is 2.40. The zero-order valence-electron chi connectivity index (χ0n) is 30.6. The quantitative estimate of drug-likeness (QED) is 0.0950. The first-order valence-corrected chi connectivity index (χ1v) is 18.6. The van der Waals surface area contributed by atoms with Crippen LogP contribution in [0.5, 0.6) is 17.2 Å². The molecule has 0 aliphatic rings. The number of hydrogen-bond acceptors (Lipinski definition) is 4. The van der Waals surface area contributed by atoms with Gasteiger partial charge in [-0.1, -0.05) is 86.5 Å². The Labute approximate surface area is 294 Å². The molecule has 0 fully saturated rings. The number of aromatic nitrogens is 4. The first-order valence-electron chi connectivity index (χ1n) is 18.6. The summed E-state index contributed by atoms with van der Waals surface area (Å²) >= 11 is 0. The maximum absolute atomic E-state index is 10.7. The maximum atomic E-state index is 10.7. The Kier molecular flexibility index (Phi) is 12.0. The van der Waals surface area contributed by atoms with Gasteiger partial charge in [0.2, 0.25) is 0 Å². The van der Waals surface area contributed by atoms with Gasteiger partial charge in [-0.2, -0.15) is 10.2 Å². The Bertz CT molecular complexity index is 1740. The zero-order chi connectivity index (χ0) is 34.9. The molecule has 2 aromatic heterocycles. The van der Waals surface area contributed by atoms with Gasteiger partial charge in [0.15, 0.2) is 0 Å². The predicted molar refractivity (Wildman–Crippen MR) is 202 cm³/mol. The van der Waals surface area contributed by atoms with Crippen LogP contribution in [0.4, 0.5) is 0 Å². The highest BCUT2D eigenvalue weighted by molar-refractivity contribution is 5.63. The van der Waals surface area contributed by atoms with Crippen LogP contribution in [-0.4, -0.2) is 24.7 Å². The lowest BCUT2D eigenvalue weighted by Crippen LogP contribution is -2.24. The average Bonchev–Trinajstić information content (AvgIpc) is 3.81. The number of unbranched alkanes of at least 4 members (excludes halogenated alkanes) is 5. The average molecular weight is 661 g/mol. The Morgan fingerprint density at radius 1 is 0.633 bits per heavy atom. The number of hydrogen-bond donors (Lipinski definition) is 1. The van der Waals surface area contributed by atoms with Crippen molar-refractivity contribution in [3.05, 3.63) is 103 Å². The fourth-order valence-corrected chi connectivity index (χ4v) is 6.98. The fourth-order valence-electron chi connectivity index (χ4n) is 6.98. The van der Waals surface area contributed by atoms with Gasteiger partial charge >= 0.3 is 0 Å². The third-order valence-electron chi connectivity index (χ3n) is 10.4. The van der Waals surface area contributed by atoms with Gasteiger partial charge in [-0.15, -0.1) is 0 Å². The van der Waals surface area contributed by atoms with Crippen LogP contribution < -0.4 is 4.74 Å². The fraction of sp³-hybridized carbons (Fsp3) is 0.442. The number of rotatable bonds is 18. The van der Waals surface area contributed by atoms with E-state index in [2.05, 4.69) is 59.9 Å². The van der Waals surface area contributed by atoms with Crippen molar-refractivity contribution in [3.8, 4) is 39.9 Å². The molecular formula is C43H56N4O2. The van der Waals surface area contributed by atoms with Crippen molar-refractivity contribution in [2.45, 2.75) is 123 Å². The maximum Gasteiger partial charge on any atom is 0.127 e. The largest absolute Gasteiger partial charge is 0.508 e. The van der Waals surface area contributed by atoms with Gasteiger partial charge in [-0.25, -0.2) is 9.36 Å². The number of aromatic hydroxyl groups is 1. The molecule has 0 atom stereocenters. The second-order valence-electron chi connectivity index (χ2n) is 14.3. The topological polar surface area (TPSA) is 65.1 Å². The molecule has 0 saturated carbocycles. The summed E-state index contributed by atoms with van der Waals surface area (Å²) in [7, 11) is 0. The summed E-state index contributed by atoms with van der Waals surface area (Å²) in [4.78, 5) is 0. The molecule has 0 aliphatic carbocycles. The van der Waals surface area contributed by atoms with Crippen molar-refractivity contribution in [1.82, 2.24) is 19.6 Å². The molecule has 260 valence electrons. The lowest BCUT2D eigenvalue weighted by molar-refractivity contribution is 0.348. The number of phenolic OH excluding ortho intramolecular Hbond substituents is 1. The SMILES string of the molecule is CCCCCCC(C)(C)c1ccn(-c2ccc(Oc3ccc(-n4ccc(-c5cc(O)cc(C(CC)(CC)CCCCC)c5)n4)cc3)cc2)n1. The van der Waals surface area contributed by atoms with E-state index in [1.165, 1.54) is 50.5 Å². The van der Waals surface area contributed by atoms with Gasteiger partial charge < -0.3 is 9.84 Å². The van der Waals surface area contributed by atoms with Crippen LogP contribution in [0.3, 0.4) is 0 Å². The van der Waals surface area contributed by atoms with Gasteiger partial charge in [-0.3, -0.25) is 0 Å². The predicted octanol–water partition coefficient (Wildman–Crippen LogP) is 12.1. The van der Waals surface area contributed by atoms with Crippen LogP contribution in [0.15, 0.2) is 91.3 Å². The third-order valence-corrected chi connectivity index (χ3v) is 10.4.